The van der Waals surface area contributed by atoms with Crippen molar-refractivity contribution in [2.45, 2.75) is 20.3 Å². The molecule has 3 N–H and O–H groups in total. The molecule has 0 aliphatic rings. The highest BCUT2D eigenvalue weighted by atomic mass is 19.1. The number of nitro groups is 1. The van der Waals surface area contributed by atoms with Gasteiger partial charge in [-0.1, -0.05) is 13.8 Å². The summed E-state index contributed by atoms with van der Waals surface area (Å²) in [5.74, 6) is -1.28. The number of halogens is 1. The molecule has 110 valence electrons. The van der Waals surface area contributed by atoms with Gasteiger partial charge in [0.2, 0.25) is 5.91 Å². The zero-order chi connectivity index (χ0) is 15.3. The van der Waals surface area contributed by atoms with Crippen LogP contribution in [0.5, 0.6) is 0 Å². The molecule has 0 aliphatic carbocycles. The molecule has 0 heterocycles. The van der Waals surface area contributed by atoms with Gasteiger partial charge in [0.1, 0.15) is 11.5 Å². The van der Waals surface area contributed by atoms with E-state index in [2.05, 4.69) is 5.32 Å². The van der Waals surface area contributed by atoms with Crippen LogP contribution in [0.3, 0.4) is 0 Å². The maximum atomic E-state index is 13.0. The summed E-state index contributed by atoms with van der Waals surface area (Å²) < 4.78 is 13.0. The van der Waals surface area contributed by atoms with Crippen molar-refractivity contribution in [3.63, 3.8) is 0 Å². The lowest BCUT2D eigenvalue weighted by Crippen LogP contribution is -2.30. The van der Waals surface area contributed by atoms with E-state index in [-0.39, 0.29) is 18.2 Å². The molecule has 1 unspecified atom stereocenters. The average Bonchev–Trinajstić information content (AvgIpc) is 2.37. The molecule has 20 heavy (non-hydrogen) atoms. The summed E-state index contributed by atoms with van der Waals surface area (Å²) in [5, 5.41) is 13.3. The zero-order valence-electron chi connectivity index (χ0n) is 11.4. The molecule has 0 bridgehead atoms. The van der Waals surface area contributed by atoms with Gasteiger partial charge in [-0.25, -0.2) is 4.39 Å². The first-order valence-electron chi connectivity index (χ1n) is 6.30. The van der Waals surface area contributed by atoms with Crippen LogP contribution in [-0.2, 0) is 4.79 Å². The Hall–Kier alpha value is -2.02. The van der Waals surface area contributed by atoms with Crippen molar-refractivity contribution >= 4 is 17.3 Å². The second-order valence-corrected chi connectivity index (χ2v) is 4.97. The summed E-state index contributed by atoms with van der Waals surface area (Å²) in [4.78, 5) is 22.1. The van der Waals surface area contributed by atoms with Gasteiger partial charge in [0.25, 0.3) is 5.69 Å². The second-order valence-electron chi connectivity index (χ2n) is 4.97. The van der Waals surface area contributed by atoms with E-state index in [4.69, 9.17) is 5.73 Å². The van der Waals surface area contributed by atoms with Gasteiger partial charge < -0.3 is 11.1 Å². The van der Waals surface area contributed by atoms with Crippen molar-refractivity contribution in [2.75, 3.05) is 11.9 Å². The Balaban J connectivity index is 2.92. The van der Waals surface area contributed by atoms with Gasteiger partial charge in [0.15, 0.2) is 0 Å². The molecule has 1 aromatic carbocycles. The first-order chi connectivity index (χ1) is 9.35. The van der Waals surface area contributed by atoms with Crippen molar-refractivity contribution in [1.82, 2.24) is 0 Å². The van der Waals surface area contributed by atoms with Gasteiger partial charge in [0.05, 0.1) is 16.9 Å². The molecular weight excluding hydrogens is 265 g/mol. The molecule has 6 nitrogen and oxygen atoms in total. The lowest BCUT2D eigenvalue weighted by molar-refractivity contribution is -0.384. The minimum Gasteiger partial charge on any atom is -0.330 e. The minimum absolute atomic E-state index is 0.0244. The fourth-order valence-electron chi connectivity index (χ4n) is 1.88. The molecule has 0 aliphatic heterocycles. The molecule has 0 radical (unpaired) electrons. The molecule has 0 saturated heterocycles. The largest absolute Gasteiger partial charge is 0.330 e. The Morgan fingerprint density at radius 3 is 2.65 bits per heavy atom. The van der Waals surface area contributed by atoms with Crippen LogP contribution in [0.2, 0.25) is 0 Å². The smallest absolute Gasteiger partial charge is 0.295 e. The van der Waals surface area contributed by atoms with E-state index in [9.17, 15) is 19.3 Å². The van der Waals surface area contributed by atoms with E-state index in [0.717, 1.165) is 12.1 Å². The molecule has 0 saturated carbocycles. The third-order valence-corrected chi connectivity index (χ3v) is 2.83. The Morgan fingerprint density at radius 2 is 2.15 bits per heavy atom. The molecule has 1 rings (SSSR count). The van der Waals surface area contributed by atoms with Gasteiger partial charge in [0, 0.05) is 6.54 Å². The summed E-state index contributed by atoms with van der Waals surface area (Å²) in [6, 6.07) is 3.01. The number of nitrogens with one attached hydrogen (secondary N) is 1. The molecule has 0 spiro atoms. The van der Waals surface area contributed by atoms with E-state index in [1.54, 1.807) is 0 Å². The topological polar surface area (TPSA) is 98.3 Å². The van der Waals surface area contributed by atoms with Crippen molar-refractivity contribution < 1.29 is 14.1 Å². The number of carbonyl (C=O) groups is 1. The number of rotatable bonds is 6. The first-order valence-corrected chi connectivity index (χ1v) is 6.30. The third-order valence-electron chi connectivity index (χ3n) is 2.83. The van der Waals surface area contributed by atoms with Gasteiger partial charge in [-0.15, -0.1) is 0 Å². The summed E-state index contributed by atoms with van der Waals surface area (Å²) in [7, 11) is 0. The highest BCUT2D eigenvalue weighted by Gasteiger charge is 2.22. The number of hydrogen-bond acceptors (Lipinski definition) is 4. The number of benzene rings is 1. The fourth-order valence-corrected chi connectivity index (χ4v) is 1.88. The number of amides is 1. The summed E-state index contributed by atoms with van der Waals surface area (Å²) in [6.45, 7) is 4.06. The van der Waals surface area contributed by atoms with Gasteiger partial charge >= 0.3 is 0 Å². The molecule has 1 atom stereocenters. The molecule has 1 amide bonds. The Bertz CT molecular complexity index is 506. The van der Waals surface area contributed by atoms with Gasteiger partial charge in [-0.2, -0.15) is 0 Å². The van der Waals surface area contributed by atoms with Crippen LogP contribution in [0.4, 0.5) is 15.8 Å². The number of nitrogens with zero attached hydrogens (tertiary/aromatic N) is 1. The summed E-state index contributed by atoms with van der Waals surface area (Å²) in [6.07, 6.45) is 0.581. The van der Waals surface area contributed by atoms with Crippen LogP contribution in [0.25, 0.3) is 0 Å². The highest BCUT2D eigenvalue weighted by molar-refractivity contribution is 5.94. The Kier molecular flexibility index (Phi) is 5.57. The number of hydrogen-bond donors (Lipinski definition) is 2. The van der Waals surface area contributed by atoms with Crippen LogP contribution in [0.15, 0.2) is 18.2 Å². The van der Waals surface area contributed by atoms with E-state index < -0.39 is 28.3 Å². The van der Waals surface area contributed by atoms with Gasteiger partial charge in [-0.3, -0.25) is 14.9 Å². The Morgan fingerprint density at radius 1 is 1.50 bits per heavy atom. The second kappa shape index (κ2) is 6.95. The number of carbonyl (C=O) groups excluding carboxylic acids is 1. The van der Waals surface area contributed by atoms with Crippen LogP contribution >= 0.6 is 0 Å². The summed E-state index contributed by atoms with van der Waals surface area (Å²) >= 11 is 0. The SMILES string of the molecule is CC(C)CC(CN)C(=O)Nc1ccc(F)cc1[N+](=O)[O-]. The molecule has 0 fully saturated rings. The molecular formula is C13H18FN3O3. The maximum Gasteiger partial charge on any atom is 0.295 e. The molecule has 7 heteroatoms. The van der Waals surface area contributed by atoms with Crippen LogP contribution in [0, 0.1) is 27.8 Å². The standard InChI is InChI=1S/C13H18FN3O3/c1-8(2)5-9(7-15)13(18)16-11-4-3-10(14)6-12(11)17(19)20/h3-4,6,8-9H,5,7,15H2,1-2H3,(H,16,18). The molecule has 1 aromatic rings. The lowest BCUT2D eigenvalue weighted by Gasteiger charge is -2.16. The fraction of sp³-hybridized carbons (Fsp3) is 0.462. The lowest BCUT2D eigenvalue weighted by atomic mass is 9.96. The van der Waals surface area contributed by atoms with Crippen molar-refractivity contribution in [3.05, 3.63) is 34.1 Å². The van der Waals surface area contributed by atoms with Crippen molar-refractivity contribution in [2.24, 2.45) is 17.6 Å². The first kappa shape index (κ1) is 16.0. The maximum absolute atomic E-state index is 13.0. The monoisotopic (exact) mass is 283 g/mol. The van der Waals surface area contributed by atoms with Crippen molar-refractivity contribution in [1.29, 1.82) is 0 Å². The van der Waals surface area contributed by atoms with Crippen LogP contribution < -0.4 is 11.1 Å². The quantitative estimate of drug-likeness (QED) is 0.618. The Labute approximate surface area is 116 Å². The molecule has 0 aromatic heterocycles. The van der Waals surface area contributed by atoms with E-state index in [1.165, 1.54) is 6.07 Å². The van der Waals surface area contributed by atoms with E-state index in [1.807, 2.05) is 13.8 Å². The normalized spacial score (nSPS) is 12.2. The summed E-state index contributed by atoms with van der Waals surface area (Å²) in [5.41, 5.74) is 5.04. The number of nitro benzene ring substituents is 1. The minimum atomic E-state index is -0.738. The van der Waals surface area contributed by atoms with Gasteiger partial charge in [-0.05, 0) is 24.5 Å². The zero-order valence-corrected chi connectivity index (χ0v) is 11.4. The highest BCUT2D eigenvalue weighted by Crippen LogP contribution is 2.26. The predicted molar refractivity (Wildman–Crippen MR) is 73.7 cm³/mol. The van der Waals surface area contributed by atoms with Crippen molar-refractivity contribution in [3.8, 4) is 0 Å². The third kappa shape index (κ3) is 4.27. The number of anilines is 1. The number of nitrogens with two attached hydrogens (primary N) is 1. The predicted octanol–water partition coefficient (Wildman–Crippen LogP) is 2.29. The van der Waals surface area contributed by atoms with E-state index >= 15 is 0 Å². The average molecular weight is 283 g/mol. The van der Waals surface area contributed by atoms with Crippen LogP contribution in [-0.4, -0.2) is 17.4 Å². The van der Waals surface area contributed by atoms with Crippen LogP contribution in [0.1, 0.15) is 20.3 Å². The van der Waals surface area contributed by atoms with E-state index in [0.29, 0.717) is 6.42 Å².